The summed E-state index contributed by atoms with van der Waals surface area (Å²) in [4.78, 5) is 12.1. The first-order valence-corrected chi connectivity index (χ1v) is 8.49. The first kappa shape index (κ1) is 18.8. The van der Waals surface area contributed by atoms with Gasteiger partial charge in [-0.05, 0) is 37.6 Å². The topological polar surface area (TPSA) is 70.6 Å². The minimum Gasteiger partial charge on any atom is -0.496 e. The van der Waals surface area contributed by atoms with Gasteiger partial charge in [-0.2, -0.15) is 0 Å². The van der Waals surface area contributed by atoms with Crippen LogP contribution in [0.3, 0.4) is 0 Å². The third-order valence-corrected chi connectivity index (χ3v) is 4.03. The number of nitrogens with one attached hydrogen (secondary N) is 2. The van der Waals surface area contributed by atoms with Crippen LogP contribution < -0.4 is 15.4 Å². The molecule has 0 aromatic heterocycles. The Morgan fingerprint density at radius 3 is 2.72 bits per heavy atom. The number of aliphatic hydroxyl groups excluding tert-OH is 1. The molecule has 0 saturated heterocycles. The number of aliphatic hydroxyl groups is 1. The van der Waals surface area contributed by atoms with Gasteiger partial charge < -0.3 is 20.5 Å². The van der Waals surface area contributed by atoms with Gasteiger partial charge in [0.05, 0.1) is 19.8 Å². The lowest BCUT2D eigenvalue weighted by molar-refractivity contribution is 0.0945. The van der Waals surface area contributed by atoms with Gasteiger partial charge in [0.1, 0.15) is 5.75 Å². The number of hydrogen-bond acceptors (Lipinski definition) is 4. The lowest BCUT2D eigenvalue weighted by Gasteiger charge is -2.22. The number of amides is 1. The van der Waals surface area contributed by atoms with Gasteiger partial charge in [0.15, 0.2) is 0 Å². The van der Waals surface area contributed by atoms with Gasteiger partial charge in [-0.1, -0.05) is 30.7 Å². The summed E-state index contributed by atoms with van der Waals surface area (Å²) >= 11 is 0. The van der Waals surface area contributed by atoms with Crippen LogP contribution in [0.2, 0.25) is 0 Å². The van der Waals surface area contributed by atoms with Crippen molar-refractivity contribution >= 4 is 11.6 Å². The number of anilines is 1. The molecule has 5 heteroatoms. The summed E-state index contributed by atoms with van der Waals surface area (Å²) in [5.74, 6) is 0.653. The normalized spacial score (nSPS) is 11.7. The van der Waals surface area contributed by atoms with Gasteiger partial charge in [0, 0.05) is 23.4 Å². The van der Waals surface area contributed by atoms with Crippen molar-refractivity contribution in [2.75, 3.05) is 25.6 Å². The van der Waals surface area contributed by atoms with E-state index in [-0.39, 0.29) is 25.1 Å². The van der Waals surface area contributed by atoms with E-state index in [2.05, 4.69) is 30.5 Å². The van der Waals surface area contributed by atoms with Crippen LogP contribution in [0.1, 0.15) is 40.9 Å². The number of benzene rings is 2. The van der Waals surface area contributed by atoms with Gasteiger partial charge in [-0.25, -0.2) is 0 Å². The SMILES string of the molecule is CCC(Nc1cccc(C(=O)NCCO)c1)c1cc(C)ccc1OC. The summed E-state index contributed by atoms with van der Waals surface area (Å²) in [6.45, 7) is 4.34. The molecule has 25 heavy (non-hydrogen) atoms. The third kappa shape index (κ3) is 4.97. The highest BCUT2D eigenvalue weighted by atomic mass is 16.5. The molecule has 1 amide bonds. The standard InChI is InChI=1S/C20H26N2O3/c1-4-18(17-12-14(2)8-9-19(17)25-3)22-16-7-5-6-15(13-16)20(24)21-10-11-23/h5-9,12-13,18,22-23H,4,10-11H2,1-3H3,(H,21,24). The fraction of sp³-hybridized carbons (Fsp3) is 0.350. The Bertz CT molecular complexity index is 716. The van der Waals surface area contributed by atoms with E-state index < -0.39 is 0 Å². The lowest BCUT2D eigenvalue weighted by atomic mass is 10.0. The van der Waals surface area contributed by atoms with Crippen molar-refractivity contribution < 1.29 is 14.6 Å². The lowest BCUT2D eigenvalue weighted by Crippen LogP contribution is -2.26. The van der Waals surface area contributed by atoms with Gasteiger partial charge >= 0.3 is 0 Å². The van der Waals surface area contributed by atoms with Gasteiger partial charge in [0.2, 0.25) is 0 Å². The third-order valence-electron chi connectivity index (χ3n) is 4.03. The van der Waals surface area contributed by atoms with E-state index in [0.717, 1.165) is 23.4 Å². The zero-order valence-corrected chi connectivity index (χ0v) is 15.0. The molecule has 1 unspecified atom stereocenters. The van der Waals surface area contributed by atoms with Crippen LogP contribution in [0.25, 0.3) is 0 Å². The monoisotopic (exact) mass is 342 g/mol. The second kappa shape index (κ2) is 9.08. The molecule has 0 bridgehead atoms. The van der Waals surface area contributed by atoms with Crippen molar-refractivity contribution in [1.29, 1.82) is 0 Å². The number of carbonyl (C=O) groups excluding carboxylic acids is 1. The molecule has 2 rings (SSSR count). The van der Waals surface area contributed by atoms with E-state index in [0.29, 0.717) is 5.56 Å². The van der Waals surface area contributed by atoms with E-state index in [1.807, 2.05) is 30.3 Å². The summed E-state index contributed by atoms with van der Waals surface area (Å²) in [5, 5.41) is 15.0. The highest BCUT2D eigenvalue weighted by Crippen LogP contribution is 2.31. The van der Waals surface area contributed by atoms with Crippen molar-refractivity contribution in [3.05, 3.63) is 59.2 Å². The minimum absolute atomic E-state index is 0.0746. The Kier molecular flexibility index (Phi) is 6.83. The average Bonchev–Trinajstić information content (AvgIpc) is 2.64. The molecule has 5 nitrogen and oxygen atoms in total. The van der Waals surface area contributed by atoms with Gasteiger partial charge in [-0.3, -0.25) is 4.79 Å². The zero-order chi connectivity index (χ0) is 18.2. The zero-order valence-electron chi connectivity index (χ0n) is 15.0. The maximum Gasteiger partial charge on any atom is 0.251 e. The summed E-state index contributed by atoms with van der Waals surface area (Å²) < 4.78 is 5.50. The van der Waals surface area contributed by atoms with Crippen LogP contribution >= 0.6 is 0 Å². The number of aryl methyl sites for hydroxylation is 1. The van der Waals surface area contributed by atoms with E-state index in [1.165, 1.54) is 5.56 Å². The molecule has 0 saturated carbocycles. The Morgan fingerprint density at radius 1 is 1.24 bits per heavy atom. The molecule has 2 aromatic carbocycles. The second-order valence-electron chi connectivity index (χ2n) is 5.91. The molecule has 1 atom stereocenters. The molecule has 0 aliphatic carbocycles. The summed E-state index contributed by atoms with van der Waals surface area (Å²) in [7, 11) is 1.67. The number of hydrogen-bond donors (Lipinski definition) is 3. The van der Waals surface area contributed by atoms with Crippen LogP contribution in [0.15, 0.2) is 42.5 Å². The molecule has 0 aliphatic rings. The molecule has 134 valence electrons. The summed E-state index contributed by atoms with van der Waals surface area (Å²) in [6, 6.07) is 13.6. The van der Waals surface area contributed by atoms with Gasteiger partial charge in [0.25, 0.3) is 5.91 Å². The molecular weight excluding hydrogens is 316 g/mol. The maximum absolute atomic E-state index is 12.1. The molecule has 0 heterocycles. The Balaban J connectivity index is 2.22. The number of ether oxygens (including phenoxy) is 1. The van der Waals surface area contributed by atoms with Crippen molar-refractivity contribution in [3.63, 3.8) is 0 Å². The predicted octanol–water partition coefficient (Wildman–Crippen LogP) is 3.29. The van der Waals surface area contributed by atoms with E-state index in [1.54, 1.807) is 13.2 Å². The Morgan fingerprint density at radius 2 is 2.04 bits per heavy atom. The summed E-state index contributed by atoms with van der Waals surface area (Å²) in [5.41, 5.74) is 3.70. The fourth-order valence-electron chi connectivity index (χ4n) is 2.75. The molecule has 2 aromatic rings. The molecular formula is C20H26N2O3. The number of carbonyl (C=O) groups is 1. The van der Waals surface area contributed by atoms with E-state index >= 15 is 0 Å². The van der Waals surface area contributed by atoms with E-state index in [4.69, 9.17) is 9.84 Å². The molecule has 0 aliphatic heterocycles. The summed E-state index contributed by atoms with van der Waals surface area (Å²) in [6.07, 6.45) is 0.876. The van der Waals surface area contributed by atoms with Crippen LogP contribution in [-0.4, -0.2) is 31.3 Å². The smallest absolute Gasteiger partial charge is 0.251 e. The Labute approximate surface area is 149 Å². The number of rotatable bonds is 8. The van der Waals surface area contributed by atoms with Crippen molar-refractivity contribution in [1.82, 2.24) is 5.32 Å². The Hall–Kier alpha value is -2.53. The van der Waals surface area contributed by atoms with E-state index in [9.17, 15) is 4.79 Å². The van der Waals surface area contributed by atoms with Crippen LogP contribution in [0, 0.1) is 6.92 Å². The van der Waals surface area contributed by atoms with Crippen LogP contribution in [0.5, 0.6) is 5.75 Å². The minimum atomic E-state index is -0.195. The number of methoxy groups -OCH3 is 1. The largest absolute Gasteiger partial charge is 0.496 e. The fourth-order valence-corrected chi connectivity index (χ4v) is 2.75. The van der Waals surface area contributed by atoms with Crippen molar-refractivity contribution in [3.8, 4) is 5.75 Å². The predicted molar refractivity (Wildman–Crippen MR) is 100 cm³/mol. The maximum atomic E-state index is 12.1. The molecule has 0 spiro atoms. The van der Waals surface area contributed by atoms with Gasteiger partial charge in [-0.15, -0.1) is 0 Å². The first-order chi connectivity index (χ1) is 12.1. The first-order valence-electron chi connectivity index (χ1n) is 8.49. The highest BCUT2D eigenvalue weighted by molar-refractivity contribution is 5.95. The van der Waals surface area contributed by atoms with Crippen LogP contribution in [-0.2, 0) is 0 Å². The van der Waals surface area contributed by atoms with Crippen LogP contribution in [0.4, 0.5) is 5.69 Å². The second-order valence-corrected chi connectivity index (χ2v) is 5.91. The molecule has 3 N–H and O–H groups in total. The quantitative estimate of drug-likeness (QED) is 0.688. The molecule has 0 radical (unpaired) electrons. The van der Waals surface area contributed by atoms with Crippen molar-refractivity contribution in [2.24, 2.45) is 0 Å². The van der Waals surface area contributed by atoms with Crippen molar-refractivity contribution in [2.45, 2.75) is 26.3 Å². The molecule has 0 fully saturated rings. The average molecular weight is 342 g/mol. The highest BCUT2D eigenvalue weighted by Gasteiger charge is 2.15.